The molecule has 126 valence electrons. The lowest BCUT2D eigenvalue weighted by molar-refractivity contribution is 0.380. The Hall–Kier alpha value is -2.28. The van der Waals surface area contributed by atoms with Crippen LogP contribution < -0.4 is 16.0 Å². The van der Waals surface area contributed by atoms with Gasteiger partial charge >= 0.3 is 0 Å². The van der Waals surface area contributed by atoms with Gasteiger partial charge in [-0.15, -0.1) is 0 Å². The summed E-state index contributed by atoms with van der Waals surface area (Å²) in [6.07, 6.45) is 6.14. The Kier molecular flexibility index (Phi) is 2.04. The predicted octanol–water partition coefficient (Wildman–Crippen LogP) is 0.584. The van der Waals surface area contributed by atoms with Crippen LogP contribution in [-0.4, -0.2) is 45.1 Å². The molecule has 3 N–H and O–H groups in total. The quantitative estimate of drug-likeness (QED) is 0.849. The Morgan fingerprint density at radius 1 is 1.20 bits per heavy atom. The molecule has 3 aliphatic carbocycles. The first-order valence-corrected chi connectivity index (χ1v) is 9.22. The lowest BCUT2D eigenvalue weighted by Gasteiger charge is -2.26. The second-order valence-electron chi connectivity index (χ2n) is 8.36. The molecule has 0 spiro atoms. The van der Waals surface area contributed by atoms with E-state index in [0.717, 1.165) is 48.0 Å². The van der Waals surface area contributed by atoms with E-state index >= 15 is 0 Å². The highest BCUT2D eigenvalue weighted by molar-refractivity contribution is 5.64. The summed E-state index contributed by atoms with van der Waals surface area (Å²) in [6, 6.07) is 3.44. The van der Waals surface area contributed by atoms with Gasteiger partial charge in [-0.05, 0) is 43.2 Å². The van der Waals surface area contributed by atoms with Crippen LogP contribution in [0.15, 0.2) is 18.5 Å². The lowest BCUT2D eigenvalue weighted by atomic mass is 9.86. The molecule has 0 radical (unpaired) electrons. The number of hydrogen-bond donors (Lipinski definition) is 2. The van der Waals surface area contributed by atoms with E-state index < -0.39 is 0 Å². The lowest BCUT2D eigenvalue weighted by Crippen LogP contribution is -2.30. The van der Waals surface area contributed by atoms with Crippen LogP contribution in [0.2, 0.25) is 0 Å². The number of piperidine rings is 1. The number of fused-ring (bicyclic) bond motifs is 2. The molecule has 2 aromatic heterocycles. The average molecular weight is 333 g/mol. The van der Waals surface area contributed by atoms with Crippen LogP contribution in [0.4, 0.5) is 11.9 Å². The Bertz CT molecular complexity index is 883. The van der Waals surface area contributed by atoms with Gasteiger partial charge in [0.05, 0.1) is 11.4 Å². The molecule has 4 saturated heterocycles. The molecule has 4 aliphatic heterocycles. The monoisotopic (exact) mass is 333 g/mol. The van der Waals surface area contributed by atoms with Crippen LogP contribution in [0.25, 0.3) is 11.3 Å². The number of nitrogens with zero attached hydrogens (tertiary/aromatic N) is 5. The summed E-state index contributed by atoms with van der Waals surface area (Å²) in [6.45, 7) is 2.25. The molecule has 25 heavy (non-hydrogen) atoms. The van der Waals surface area contributed by atoms with Crippen molar-refractivity contribution in [3.63, 3.8) is 0 Å². The number of nitrogens with two attached hydrogens (primary N) is 1. The number of anilines is 2. The van der Waals surface area contributed by atoms with E-state index in [-0.39, 0.29) is 0 Å². The molecule has 7 nitrogen and oxygen atoms in total. The van der Waals surface area contributed by atoms with Gasteiger partial charge in [-0.2, -0.15) is 0 Å². The second-order valence-corrected chi connectivity index (χ2v) is 8.36. The molecule has 3 saturated carbocycles. The number of aromatic nitrogens is 4. The maximum absolute atomic E-state index is 5.65. The number of hydrogen-bond acceptors (Lipinski definition) is 7. The van der Waals surface area contributed by atoms with Crippen LogP contribution in [0.3, 0.4) is 0 Å². The third-order valence-electron chi connectivity index (χ3n) is 7.30. The molecule has 7 aliphatic rings. The molecule has 6 heterocycles. The van der Waals surface area contributed by atoms with Crippen LogP contribution in [0, 0.1) is 17.8 Å². The van der Waals surface area contributed by atoms with E-state index in [2.05, 4.69) is 26.3 Å². The summed E-state index contributed by atoms with van der Waals surface area (Å²) >= 11 is 0. The van der Waals surface area contributed by atoms with Crippen molar-refractivity contribution in [2.45, 2.75) is 30.3 Å². The fourth-order valence-electron chi connectivity index (χ4n) is 5.84. The number of rotatable bonds is 3. The van der Waals surface area contributed by atoms with Gasteiger partial charge in [-0.25, -0.2) is 19.9 Å². The minimum Gasteiger partial charge on any atom is -0.368 e. The van der Waals surface area contributed by atoms with Gasteiger partial charge in [-0.3, -0.25) is 0 Å². The average Bonchev–Trinajstić information content (AvgIpc) is 3.11. The normalized spacial score (nSPS) is 41.4. The van der Waals surface area contributed by atoms with Crippen molar-refractivity contribution in [2.24, 2.45) is 17.8 Å². The number of nitrogens with one attached hydrogen (secondary N) is 1. The maximum Gasteiger partial charge on any atom is 0.226 e. The van der Waals surface area contributed by atoms with Crippen molar-refractivity contribution < 1.29 is 0 Å². The summed E-state index contributed by atoms with van der Waals surface area (Å²) in [5.74, 6) is 3.62. The Morgan fingerprint density at radius 2 is 2.04 bits per heavy atom. The first-order chi connectivity index (χ1) is 12.2. The van der Waals surface area contributed by atoms with Gasteiger partial charge in [-0.1, -0.05) is 0 Å². The molecule has 9 rings (SSSR count). The van der Waals surface area contributed by atoms with Crippen molar-refractivity contribution in [1.29, 1.82) is 0 Å². The van der Waals surface area contributed by atoms with Crippen molar-refractivity contribution in [3.05, 3.63) is 24.2 Å². The Morgan fingerprint density at radius 3 is 2.68 bits per heavy atom. The zero-order valence-electron chi connectivity index (χ0n) is 13.8. The first kappa shape index (κ1) is 13.0. The van der Waals surface area contributed by atoms with Gasteiger partial charge in [0.1, 0.15) is 0 Å². The Labute approximate surface area is 145 Å². The molecule has 4 bridgehead atoms. The summed E-state index contributed by atoms with van der Waals surface area (Å²) < 4.78 is 0. The van der Waals surface area contributed by atoms with E-state index in [1.165, 1.54) is 18.5 Å². The topological polar surface area (TPSA) is 92.8 Å². The van der Waals surface area contributed by atoms with Gasteiger partial charge in [0.25, 0.3) is 0 Å². The maximum atomic E-state index is 5.65. The molecule has 7 heteroatoms. The van der Waals surface area contributed by atoms with Crippen LogP contribution in [0.5, 0.6) is 0 Å². The predicted molar refractivity (Wildman–Crippen MR) is 91.8 cm³/mol. The van der Waals surface area contributed by atoms with Crippen molar-refractivity contribution in [1.82, 2.24) is 25.3 Å². The summed E-state index contributed by atoms with van der Waals surface area (Å²) in [5, 5.41) is 3.63. The van der Waals surface area contributed by atoms with Crippen molar-refractivity contribution in [3.8, 4) is 11.3 Å². The van der Waals surface area contributed by atoms with Crippen LogP contribution in [0.1, 0.15) is 18.5 Å². The fraction of sp³-hybridized carbons (Fsp3) is 0.556. The standard InChI is InChI=1S/C18H19N7/c19-16-21-4-9(5-22-16)12-3-13(18-11-6-20-15(18)14(11)18)24-17(23-12)25-7-8-1-10(25)2-8/h3-5,8,10-11,14-15,20H,1-2,6-7H2,(H2,19,21,22)/t8?,10?,11-,14-,15?,18-/m1/s1. The second kappa shape index (κ2) is 3.93. The molecule has 1 unspecified atom stereocenters. The molecule has 2 aromatic rings. The molecule has 0 aromatic carbocycles. The summed E-state index contributed by atoms with van der Waals surface area (Å²) in [5.41, 5.74) is 9.01. The van der Waals surface area contributed by atoms with Crippen LogP contribution >= 0.6 is 0 Å². The largest absolute Gasteiger partial charge is 0.368 e. The minimum absolute atomic E-state index is 0.295. The van der Waals surface area contributed by atoms with Crippen LogP contribution in [-0.2, 0) is 5.41 Å². The Balaban J connectivity index is 1.37. The van der Waals surface area contributed by atoms with Crippen molar-refractivity contribution in [2.75, 3.05) is 23.7 Å². The highest BCUT2D eigenvalue weighted by Crippen LogP contribution is 2.82. The molecular weight excluding hydrogens is 314 g/mol. The molecule has 4 atom stereocenters. The van der Waals surface area contributed by atoms with Gasteiger partial charge in [0.15, 0.2) is 0 Å². The summed E-state index contributed by atoms with van der Waals surface area (Å²) in [7, 11) is 0. The van der Waals surface area contributed by atoms with E-state index in [0.29, 0.717) is 23.4 Å². The fourth-order valence-corrected chi connectivity index (χ4v) is 5.84. The van der Waals surface area contributed by atoms with Crippen molar-refractivity contribution >= 4 is 11.9 Å². The first-order valence-electron chi connectivity index (χ1n) is 9.22. The molecule has 7 fully saturated rings. The highest BCUT2D eigenvalue weighted by atomic mass is 15.3. The third-order valence-corrected chi connectivity index (χ3v) is 7.30. The third kappa shape index (κ3) is 1.44. The van der Waals surface area contributed by atoms with Gasteiger partial charge < -0.3 is 16.0 Å². The molecular formula is C18H19N7. The van der Waals surface area contributed by atoms with Gasteiger partial charge in [0.2, 0.25) is 11.9 Å². The minimum atomic E-state index is 0.295. The molecule has 0 amide bonds. The van der Waals surface area contributed by atoms with E-state index in [1.54, 1.807) is 12.4 Å². The highest BCUT2D eigenvalue weighted by Gasteiger charge is 2.91. The van der Waals surface area contributed by atoms with Gasteiger partial charge in [0, 0.05) is 42.0 Å². The zero-order chi connectivity index (χ0) is 16.3. The van der Waals surface area contributed by atoms with E-state index in [4.69, 9.17) is 15.7 Å². The zero-order valence-corrected chi connectivity index (χ0v) is 13.8. The number of nitrogen functional groups attached to an aromatic ring is 1. The van der Waals surface area contributed by atoms with E-state index in [9.17, 15) is 0 Å². The van der Waals surface area contributed by atoms with E-state index in [1.807, 2.05) is 0 Å². The smallest absolute Gasteiger partial charge is 0.226 e. The summed E-state index contributed by atoms with van der Waals surface area (Å²) in [4.78, 5) is 20.7. The SMILES string of the molecule is Nc1ncc(-c2cc([C@]34C5NC[C@@H]3[C@H]54)nc(N3CC4CC3C4)n2)cn1.